The highest BCUT2D eigenvalue weighted by atomic mass is 16.4. The molecule has 26 heavy (non-hydrogen) atoms. The molecule has 0 spiro atoms. The number of carboxylic acids is 1. The van der Waals surface area contributed by atoms with Crippen LogP contribution in [0.1, 0.15) is 40.0 Å². The number of aliphatic hydroxyl groups excluding tert-OH is 1. The fourth-order valence-corrected chi connectivity index (χ4v) is 2.67. The number of unbranched alkanes of at least 4 members (excludes halogenated alkanes) is 1. The number of rotatable bonds is 8. The number of amides is 1. The Morgan fingerprint density at radius 3 is 2.38 bits per heavy atom. The van der Waals surface area contributed by atoms with Crippen LogP contribution < -0.4 is 0 Å². The highest BCUT2D eigenvalue weighted by Gasteiger charge is 2.50. The molecule has 7 heteroatoms. The second-order valence-electron chi connectivity index (χ2n) is 6.72. The summed E-state index contributed by atoms with van der Waals surface area (Å²) in [5.74, 6) is -3.99. The molecular formula is C19H27NO6. The number of carbonyl (C=O) groups is 3. The SMILES string of the molecule is CCC\C=C/C=C\C(O)=C1\C(=O)[C@H](C[C@@](O)(C(=O)O)C(C)C)N(C)C1=O. The zero-order chi connectivity index (χ0) is 20.1. The molecule has 1 fully saturated rings. The maximum Gasteiger partial charge on any atom is 0.336 e. The third-order valence-corrected chi connectivity index (χ3v) is 4.59. The van der Waals surface area contributed by atoms with Crippen LogP contribution in [0, 0.1) is 5.92 Å². The van der Waals surface area contributed by atoms with E-state index in [1.165, 1.54) is 33.0 Å². The second kappa shape index (κ2) is 8.80. The van der Waals surface area contributed by atoms with Crippen molar-refractivity contribution in [2.45, 2.75) is 51.7 Å². The van der Waals surface area contributed by atoms with E-state index in [0.29, 0.717) is 0 Å². The van der Waals surface area contributed by atoms with Gasteiger partial charge in [-0.1, -0.05) is 45.4 Å². The molecule has 0 unspecified atom stereocenters. The fourth-order valence-electron chi connectivity index (χ4n) is 2.67. The molecule has 1 aliphatic rings. The first kappa shape index (κ1) is 21.6. The summed E-state index contributed by atoms with van der Waals surface area (Å²) in [6.45, 7) is 5.07. The molecular weight excluding hydrogens is 338 g/mol. The van der Waals surface area contributed by atoms with Crippen molar-refractivity contribution in [3.05, 3.63) is 35.6 Å². The molecule has 1 rings (SSSR count). The molecule has 0 aliphatic carbocycles. The van der Waals surface area contributed by atoms with E-state index in [2.05, 4.69) is 0 Å². The van der Waals surface area contributed by atoms with Crippen LogP contribution in [0.15, 0.2) is 35.6 Å². The summed E-state index contributed by atoms with van der Waals surface area (Å²) in [7, 11) is 1.35. The Labute approximate surface area is 153 Å². The van der Waals surface area contributed by atoms with Crippen molar-refractivity contribution in [3.8, 4) is 0 Å². The number of likely N-dealkylation sites (N-methyl/N-ethyl adjacent to an activating group) is 1. The average Bonchev–Trinajstić information content (AvgIpc) is 2.77. The molecule has 0 bridgehead atoms. The van der Waals surface area contributed by atoms with Gasteiger partial charge in [0.05, 0.1) is 6.04 Å². The van der Waals surface area contributed by atoms with Gasteiger partial charge in [0.2, 0.25) is 0 Å². The quantitative estimate of drug-likeness (QED) is 0.262. The lowest BCUT2D eigenvalue weighted by Gasteiger charge is -2.31. The summed E-state index contributed by atoms with van der Waals surface area (Å²) in [5, 5.41) is 29.8. The molecule has 0 saturated carbocycles. The monoisotopic (exact) mass is 365 g/mol. The molecule has 3 N–H and O–H groups in total. The molecule has 144 valence electrons. The normalized spacial score (nSPS) is 22.7. The predicted octanol–water partition coefficient (Wildman–Crippen LogP) is 1.98. The molecule has 7 nitrogen and oxygen atoms in total. The molecule has 2 atom stereocenters. The van der Waals surface area contributed by atoms with E-state index < -0.39 is 53.0 Å². The van der Waals surface area contributed by atoms with Gasteiger partial charge in [-0.25, -0.2) is 4.79 Å². The van der Waals surface area contributed by atoms with Crippen molar-refractivity contribution < 1.29 is 29.7 Å². The van der Waals surface area contributed by atoms with Gasteiger partial charge in [-0.15, -0.1) is 0 Å². The summed E-state index contributed by atoms with van der Waals surface area (Å²) in [5.41, 5.74) is -2.55. The van der Waals surface area contributed by atoms with E-state index in [0.717, 1.165) is 17.7 Å². The molecule has 0 radical (unpaired) electrons. The minimum atomic E-state index is -2.15. The lowest BCUT2D eigenvalue weighted by Crippen LogP contribution is -2.49. The second-order valence-corrected chi connectivity index (χ2v) is 6.72. The first-order chi connectivity index (χ1) is 12.1. The van der Waals surface area contributed by atoms with Crippen molar-refractivity contribution in [2.75, 3.05) is 7.05 Å². The Kier molecular flexibility index (Phi) is 7.32. The van der Waals surface area contributed by atoms with Crippen LogP contribution in [0.4, 0.5) is 0 Å². The first-order valence-electron chi connectivity index (χ1n) is 8.61. The molecule has 1 aliphatic heterocycles. The van der Waals surface area contributed by atoms with Crippen molar-refractivity contribution in [3.63, 3.8) is 0 Å². The largest absolute Gasteiger partial charge is 0.507 e. The first-order valence-corrected chi connectivity index (χ1v) is 8.61. The zero-order valence-corrected chi connectivity index (χ0v) is 15.6. The Morgan fingerprint density at radius 1 is 1.27 bits per heavy atom. The maximum absolute atomic E-state index is 12.6. The number of hydrogen-bond donors (Lipinski definition) is 3. The maximum atomic E-state index is 12.6. The van der Waals surface area contributed by atoms with Gasteiger partial charge in [-0.2, -0.15) is 0 Å². The molecule has 0 aromatic carbocycles. The van der Waals surface area contributed by atoms with Crippen molar-refractivity contribution in [1.29, 1.82) is 0 Å². The van der Waals surface area contributed by atoms with Crippen molar-refractivity contribution in [1.82, 2.24) is 4.90 Å². The van der Waals surface area contributed by atoms with Gasteiger partial charge in [-0.05, 0) is 18.4 Å². The van der Waals surface area contributed by atoms with Crippen LogP contribution in [0.5, 0.6) is 0 Å². The molecule has 0 aromatic rings. The average molecular weight is 365 g/mol. The van der Waals surface area contributed by atoms with E-state index in [4.69, 9.17) is 0 Å². The van der Waals surface area contributed by atoms with Gasteiger partial charge in [0, 0.05) is 13.5 Å². The smallest absolute Gasteiger partial charge is 0.336 e. The Morgan fingerprint density at radius 2 is 1.88 bits per heavy atom. The summed E-state index contributed by atoms with van der Waals surface area (Å²) in [6.07, 6.45) is 7.76. The van der Waals surface area contributed by atoms with Crippen LogP contribution in [-0.4, -0.2) is 56.6 Å². The van der Waals surface area contributed by atoms with Crippen molar-refractivity contribution >= 4 is 17.7 Å². The van der Waals surface area contributed by atoms with Gasteiger partial charge < -0.3 is 20.2 Å². The van der Waals surface area contributed by atoms with E-state index in [-0.39, 0.29) is 0 Å². The molecule has 1 saturated heterocycles. The summed E-state index contributed by atoms with van der Waals surface area (Å²) < 4.78 is 0. The van der Waals surface area contributed by atoms with Gasteiger partial charge in [0.1, 0.15) is 11.3 Å². The summed E-state index contributed by atoms with van der Waals surface area (Å²) in [4.78, 5) is 37.4. The fraction of sp³-hybridized carbons (Fsp3) is 0.526. The zero-order valence-electron chi connectivity index (χ0n) is 15.6. The highest BCUT2D eigenvalue weighted by molar-refractivity contribution is 6.27. The van der Waals surface area contributed by atoms with Crippen molar-refractivity contribution in [2.24, 2.45) is 5.92 Å². The Hall–Kier alpha value is -2.41. The number of carboxylic acid groups (broad SMARTS) is 1. The number of hydrogen-bond acceptors (Lipinski definition) is 5. The van der Waals surface area contributed by atoms with Crippen LogP contribution in [0.2, 0.25) is 0 Å². The van der Waals surface area contributed by atoms with Gasteiger partial charge in [0.25, 0.3) is 5.91 Å². The van der Waals surface area contributed by atoms with Crippen LogP contribution in [-0.2, 0) is 14.4 Å². The summed E-state index contributed by atoms with van der Waals surface area (Å²) >= 11 is 0. The summed E-state index contributed by atoms with van der Waals surface area (Å²) in [6, 6.07) is -1.15. The number of aliphatic hydroxyl groups is 2. The van der Waals surface area contributed by atoms with E-state index in [9.17, 15) is 29.7 Å². The van der Waals surface area contributed by atoms with E-state index in [1.807, 2.05) is 13.0 Å². The topological polar surface area (TPSA) is 115 Å². The number of aliphatic carboxylic acids is 1. The number of ketones is 1. The van der Waals surface area contributed by atoms with E-state index >= 15 is 0 Å². The number of carbonyl (C=O) groups excluding carboxylic acids is 2. The highest BCUT2D eigenvalue weighted by Crippen LogP contribution is 2.31. The number of allylic oxidation sites excluding steroid dienone is 4. The van der Waals surface area contributed by atoms with Gasteiger partial charge in [0.15, 0.2) is 11.4 Å². The van der Waals surface area contributed by atoms with Crippen LogP contribution in [0.25, 0.3) is 0 Å². The molecule has 0 aromatic heterocycles. The Bertz CT molecular complexity index is 661. The van der Waals surface area contributed by atoms with Gasteiger partial charge in [-0.3, -0.25) is 9.59 Å². The van der Waals surface area contributed by atoms with Gasteiger partial charge >= 0.3 is 5.97 Å². The van der Waals surface area contributed by atoms with E-state index in [1.54, 1.807) is 6.08 Å². The van der Waals surface area contributed by atoms with Crippen LogP contribution >= 0.6 is 0 Å². The standard InChI is InChI=1S/C19H27NO6/c1-5-6-7-8-9-10-14(21)15-16(22)13(20(4)17(15)23)11-19(26,12(2)3)18(24)25/h7-10,12-13,21,26H,5-6,11H2,1-4H3,(H,24,25)/b8-7-,10-9-,15-14+/t13-,19-/m0/s1. The molecule has 1 heterocycles. The number of likely N-dealkylation sites (tertiary alicyclic amines) is 1. The molecule has 1 amide bonds. The third kappa shape index (κ3) is 4.40. The predicted molar refractivity (Wildman–Crippen MR) is 96.4 cm³/mol. The minimum Gasteiger partial charge on any atom is -0.507 e. The third-order valence-electron chi connectivity index (χ3n) is 4.59. The lowest BCUT2D eigenvalue weighted by molar-refractivity contribution is -0.166. The Balaban J connectivity index is 3.12. The number of nitrogens with zero attached hydrogens (tertiary/aromatic N) is 1. The minimum absolute atomic E-state index is 0.394. The number of Topliss-reactive ketones (excluding diaryl/α,β-unsaturated/α-hetero) is 1. The van der Waals surface area contributed by atoms with Crippen LogP contribution in [0.3, 0.4) is 0 Å². The lowest BCUT2D eigenvalue weighted by atomic mass is 9.83.